The number of rotatable bonds is 2. The van der Waals surface area contributed by atoms with Gasteiger partial charge in [-0.1, -0.05) is 13.8 Å². The van der Waals surface area contributed by atoms with Gasteiger partial charge in [0.15, 0.2) is 0 Å². The van der Waals surface area contributed by atoms with Crippen molar-refractivity contribution >= 4 is 0 Å². The number of hydrogen-bond acceptors (Lipinski definition) is 2. The maximum absolute atomic E-state index is 3.68. The van der Waals surface area contributed by atoms with Crippen LogP contribution in [-0.2, 0) is 0 Å². The van der Waals surface area contributed by atoms with E-state index in [1.165, 1.54) is 25.9 Å². The summed E-state index contributed by atoms with van der Waals surface area (Å²) in [6.07, 6.45) is 2.89. The van der Waals surface area contributed by atoms with E-state index in [-0.39, 0.29) is 0 Å². The normalized spacial score (nSPS) is 33.5. The molecule has 0 amide bonds. The standard InChI is InChI=1S/C10H20N2/c1-8(2)11-9-6-12(3)7-10(9)4-5-10/h8-9,11H,4-7H2,1-3H3/t9-/m0/s1. The van der Waals surface area contributed by atoms with E-state index < -0.39 is 0 Å². The molecule has 0 aromatic carbocycles. The van der Waals surface area contributed by atoms with Crippen molar-refractivity contribution in [3.63, 3.8) is 0 Å². The Balaban J connectivity index is 1.96. The number of likely N-dealkylation sites (N-methyl/N-ethyl adjacent to an activating group) is 1. The van der Waals surface area contributed by atoms with Crippen molar-refractivity contribution < 1.29 is 0 Å². The van der Waals surface area contributed by atoms with Crippen LogP contribution in [0, 0.1) is 5.41 Å². The third-order valence-electron chi connectivity index (χ3n) is 3.25. The molecule has 1 atom stereocenters. The molecular weight excluding hydrogens is 148 g/mol. The fraction of sp³-hybridized carbons (Fsp3) is 1.00. The molecule has 2 fully saturated rings. The molecule has 1 spiro atoms. The van der Waals surface area contributed by atoms with Crippen molar-refractivity contribution in [3.8, 4) is 0 Å². The molecule has 1 heterocycles. The Kier molecular flexibility index (Phi) is 1.92. The smallest absolute Gasteiger partial charge is 0.0265 e. The SMILES string of the molecule is CC(C)N[C@H]1CN(C)CC12CC2. The van der Waals surface area contributed by atoms with Gasteiger partial charge in [-0.3, -0.25) is 0 Å². The Morgan fingerprint density at radius 2 is 2.08 bits per heavy atom. The molecule has 70 valence electrons. The maximum atomic E-state index is 3.68. The average Bonchev–Trinajstić information content (AvgIpc) is 2.60. The van der Waals surface area contributed by atoms with Gasteiger partial charge < -0.3 is 10.2 Å². The highest BCUT2D eigenvalue weighted by molar-refractivity contribution is 5.09. The van der Waals surface area contributed by atoms with Crippen LogP contribution in [0.3, 0.4) is 0 Å². The minimum absolute atomic E-state index is 0.638. The molecule has 2 aliphatic rings. The van der Waals surface area contributed by atoms with E-state index in [4.69, 9.17) is 0 Å². The lowest BCUT2D eigenvalue weighted by Gasteiger charge is -2.21. The largest absolute Gasteiger partial charge is 0.310 e. The van der Waals surface area contributed by atoms with E-state index in [0.29, 0.717) is 11.5 Å². The fourth-order valence-corrected chi connectivity index (χ4v) is 2.52. The molecule has 2 nitrogen and oxygen atoms in total. The van der Waals surface area contributed by atoms with Crippen molar-refractivity contribution in [3.05, 3.63) is 0 Å². The van der Waals surface area contributed by atoms with E-state index in [1.807, 2.05) is 0 Å². The lowest BCUT2D eigenvalue weighted by atomic mass is 10.0. The van der Waals surface area contributed by atoms with E-state index in [9.17, 15) is 0 Å². The topological polar surface area (TPSA) is 15.3 Å². The lowest BCUT2D eigenvalue weighted by molar-refractivity contribution is 0.380. The van der Waals surface area contributed by atoms with Gasteiger partial charge in [-0.15, -0.1) is 0 Å². The molecule has 2 rings (SSSR count). The zero-order valence-electron chi connectivity index (χ0n) is 8.43. The summed E-state index contributed by atoms with van der Waals surface area (Å²) >= 11 is 0. The monoisotopic (exact) mass is 168 g/mol. The van der Waals surface area contributed by atoms with Gasteiger partial charge in [0.25, 0.3) is 0 Å². The minimum atomic E-state index is 0.638. The summed E-state index contributed by atoms with van der Waals surface area (Å²) < 4.78 is 0. The molecule has 12 heavy (non-hydrogen) atoms. The Morgan fingerprint density at radius 1 is 1.42 bits per heavy atom. The summed E-state index contributed by atoms with van der Waals surface area (Å²) in [5, 5.41) is 3.68. The summed E-state index contributed by atoms with van der Waals surface area (Å²) in [6, 6.07) is 1.40. The molecule has 0 aromatic rings. The highest BCUT2D eigenvalue weighted by Crippen LogP contribution is 2.52. The molecule has 1 saturated carbocycles. The molecule has 1 aliphatic carbocycles. The predicted molar refractivity (Wildman–Crippen MR) is 51.2 cm³/mol. The number of hydrogen-bond donors (Lipinski definition) is 1. The first-order valence-electron chi connectivity index (χ1n) is 5.07. The second kappa shape index (κ2) is 2.71. The first-order valence-corrected chi connectivity index (χ1v) is 5.07. The third-order valence-corrected chi connectivity index (χ3v) is 3.25. The predicted octanol–water partition coefficient (Wildman–Crippen LogP) is 1.08. The zero-order valence-corrected chi connectivity index (χ0v) is 8.43. The van der Waals surface area contributed by atoms with Gasteiger partial charge in [0.1, 0.15) is 0 Å². The van der Waals surface area contributed by atoms with Crippen LogP contribution in [0.5, 0.6) is 0 Å². The molecule has 0 bridgehead atoms. The fourth-order valence-electron chi connectivity index (χ4n) is 2.52. The Morgan fingerprint density at radius 3 is 2.58 bits per heavy atom. The average molecular weight is 168 g/mol. The number of nitrogens with one attached hydrogen (secondary N) is 1. The first kappa shape index (κ1) is 8.52. The summed E-state index contributed by atoms with van der Waals surface area (Å²) in [7, 11) is 2.24. The van der Waals surface area contributed by atoms with Gasteiger partial charge in [-0.2, -0.15) is 0 Å². The van der Waals surface area contributed by atoms with Gasteiger partial charge in [-0.05, 0) is 25.3 Å². The van der Waals surface area contributed by atoms with Crippen LogP contribution in [0.4, 0.5) is 0 Å². The van der Waals surface area contributed by atoms with Crippen LogP contribution < -0.4 is 5.32 Å². The molecule has 0 unspecified atom stereocenters. The second-order valence-corrected chi connectivity index (χ2v) is 4.93. The summed E-state index contributed by atoms with van der Waals surface area (Å²) in [5.74, 6) is 0. The Hall–Kier alpha value is -0.0800. The quantitative estimate of drug-likeness (QED) is 0.663. The second-order valence-electron chi connectivity index (χ2n) is 4.93. The highest BCUT2D eigenvalue weighted by atomic mass is 15.2. The van der Waals surface area contributed by atoms with E-state index in [0.717, 1.165) is 6.04 Å². The highest BCUT2D eigenvalue weighted by Gasteiger charge is 2.53. The van der Waals surface area contributed by atoms with Crippen molar-refractivity contribution in [1.82, 2.24) is 10.2 Å². The lowest BCUT2D eigenvalue weighted by Crippen LogP contribution is -2.41. The van der Waals surface area contributed by atoms with Crippen LogP contribution in [0.2, 0.25) is 0 Å². The van der Waals surface area contributed by atoms with E-state index in [2.05, 4.69) is 31.1 Å². The summed E-state index contributed by atoms with van der Waals surface area (Å²) in [6.45, 7) is 7.05. The molecule has 0 radical (unpaired) electrons. The van der Waals surface area contributed by atoms with Crippen LogP contribution in [-0.4, -0.2) is 37.1 Å². The van der Waals surface area contributed by atoms with Crippen LogP contribution >= 0.6 is 0 Å². The molecule has 1 N–H and O–H groups in total. The van der Waals surface area contributed by atoms with Crippen LogP contribution in [0.15, 0.2) is 0 Å². The van der Waals surface area contributed by atoms with Crippen molar-refractivity contribution in [1.29, 1.82) is 0 Å². The van der Waals surface area contributed by atoms with Crippen molar-refractivity contribution in [2.45, 2.75) is 38.8 Å². The maximum Gasteiger partial charge on any atom is 0.0265 e. The number of likely N-dealkylation sites (tertiary alicyclic amines) is 1. The molecular formula is C10H20N2. The molecule has 0 aromatic heterocycles. The van der Waals surface area contributed by atoms with Gasteiger partial charge in [0.2, 0.25) is 0 Å². The van der Waals surface area contributed by atoms with Crippen molar-refractivity contribution in [2.75, 3.05) is 20.1 Å². The third kappa shape index (κ3) is 1.38. The zero-order chi connectivity index (χ0) is 8.77. The van der Waals surface area contributed by atoms with E-state index >= 15 is 0 Å². The summed E-state index contributed by atoms with van der Waals surface area (Å²) in [5.41, 5.74) is 0.680. The molecule has 1 aliphatic heterocycles. The molecule has 1 saturated heterocycles. The van der Waals surface area contributed by atoms with Crippen LogP contribution in [0.1, 0.15) is 26.7 Å². The molecule has 2 heteroatoms. The van der Waals surface area contributed by atoms with Gasteiger partial charge in [-0.25, -0.2) is 0 Å². The first-order chi connectivity index (χ1) is 5.62. The summed E-state index contributed by atoms with van der Waals surface area (Å²) in [4.78, 5) is 2.47. The number of nitrogens with zero attached hydrogens (tertiary/aromatic N) is 1. The Labute approximate surface area is 75.3 Å². The van der Waals surface area contributed by atoms with Gasteiger partial charge in [0.05, 0.1) is 0 Å². The Bertz CT molecular complexity index is 173. The minimum Gasteiger partial charge on any atom is -0.310 e. The van der Waals surface area contributed by atoms with Crippen molar-refractivity contribution in [2.24, 2.45) is 5.41 Å². The van der Waals surface area contributed by atoms with E-state index in [1.54, 1.807) is 0 Å². The van der Waals surface area contributed by atoms with Gasteiger partial charge in [0, 0.05) is 25.2 Å². The van der Waals surface area contributed by atoms with Gasteiger partial charge >= 0.3 is 0 Å². The van der Waals surface area contributed by atoms with Crippen LogP contribution in [0.25, 0.3) is 0 Å².